The van der Waals surface area contributed by atoms with E-state index in [0.717, 1.165) is 24.8 Å². The van der Waals surface area contributed by atoms with Crippen LogP contribution in [-0.4, -0.2) is 31.7 Å². The fraction of sp³-hybridized carbons (Fsp3) is 0.579. The van der Waals surface area contributed by atoms with E-state index < -0.39 is 0 Å². The summed E-state index contributed by atoms with van der Waals surface area (Å²) in [6.07, 6.45) is 5.70. The fourth-order valence-corrected chi connectivity index (χ4v) is 3.92. The van der Waals surface area contributed by atoms with Gasteiger partial charge in [-0.1, -0.05) is 43.3 Å². The molecule has 2 rings (SSSR count). The van der Waals surface area contributed by atoms with Crippen LogP contribution in [0.4, 0.5) is 0 Å². The lowest BCUT2D eigenvalue weighted by atomic mass is 9.74. The lowest BCUT2D eigenvalue weighted by molar-refractivity contribution is -0.928. The van der Waals surface area contributed by atoms with Crippen molar-refractivity contribution in [2.24, 2.45) is 5.92 Å². The van der Waals surface area contributed by atoms with Crippen molar-refractivity contribution in [2.75, 3.05) is 20.1 Å². The van der Waals surface area contributed by atoms with E-state index >= 15 is 0 Å². The Bertz CT molecular complexity index is 442. The Morgan fingerprint density at radius 2 is 2.05 bits per heavy atom. The maximum Gasteiger partial charge on any atom is 0.113 e. The first-order valence-electron chi connectivity index (χ1n) is 8.39. The molecule has 1 saturated heterocycles. The topological polar surface area (TPSA) is 21.1 Å². The molecule has 21 heavy (non-hydrogen) atoms. The number of hydrogen-bond acceptors (Lipinski definition) is 0. The molecule has 0 aliphatic carbocycles. The first-order chi connectivity index (χ1) is 10.1. The highest BCUT2D eigenvalue weighted by Crippen LogP contribution is 2.25. The zero-order chi connectivity index (χ0) is 15.3. The molecule has 0 saturated carbocycles. The largest absolute Gasteiger partial charge is 0.340 e. The van der Waals surface area contributed by atoms with E-state index in [1.54, 1.807) is 4.90 Å². The van der Waals surface area contributed by atoms with Crippen molar-refractivity contribution in [3.63, 3.8) is 0 Å². The highest BCUT2D eigenvalue weighted by atomic mass is 15.2. The molecule has 1 unspecified atom stereocenters. The van der Waals surface area contributed by atoms with Crippen LogP contribution in [-0.2, 0) is 6.42 Å². The highest BCUT2D eigenvalue weighted by Gasteiger charge is 2.47. The Kier molecular flexibility index (Phi) is 5.60. The van der Waals surface area contributed by atoms with Crippen LogP contribution in [0.15, 0.2) is 43.0 Å². The van der Waals surface area contributed by atoms with Gasteiger partial charge in [-0.3, -0.25) is 0 Å². The Labute approximate surface area is 130 Å². The number of piperidine rings is 1. The molecule has 1 aromatic carbocycles. The Balaban J connectivity index is 1.99. The summed E-state index contributed by atoms with van der Waals surface area (Å²) in [5, 5.41) is 2.62. The van der Waals surface area contributed by atoms with Gasteiger partial charge in [-0.15, -0.1) is 6.58 Å². The molecular formula is C19H32N2+2. The second-order valence-corrected chi connectivity index (χ2v) is 7.01. The van der Waals surface area contributed by atoms with E-state index in [0.29, 0.717) is 5.54 Å². The quantitative estimate of drug-likeness (QED) is 0.730. The average molecular weight is 288 g/mol. The maximum absolute atomic E-state index is 4.02. The average Bonchev–Trinajstić information content (AvgIpc) is 2.47. The zero-order valence-electron chi connectivity index (χ0n) is 13.9. The summed E-state index contributed by atoms with van der Waals surface area (Å²) < 4.78 is 0. The van der Waals surface area contributed by atoms with E-state index in [1.165, 1.54) is 25.1 Å². The maximum atomic E-state index is 4.02. The van der Waals surface area contributed by atoms with Gasteiger partial charge in [0.2, 0.25) is 0 Å². The summed E-state index contributed by atoms with van der Waals surface area (Å²) in [6.45, 7) is 11.3. The summed E-state index contributed by atoms with van der Waals surface area (Å²) in [4.78, 5) is 1.68. The van der Waals surface area contributed by atoms with E-state index in [-0.39, 0.29) is 0 Å². The molecule has 0 bridgehead atoms. The van der Waals surface area contributed by atoms with E-state index in [9.17, 15) is 0 Å². The molecule has 1 aliphatic heterocycles. The summed E-state index contributed by atoms with van der Waals surface area (Å²) >= 11 is 0. The predicted octanol–water partition coefficient (Wildman–Crippen LogP) is 1.05. The molecule has 1 heterocycles. The van der Waals surface area contributed by atoms with Crippen molar-refractivity contribution in [3.05, 3.63) is 48.6 Å². The molecule has 2 heteroatoms. The van der Waals surface area contributed by atoms with Crippen molar-refractivity contribution >= 4 is 0 Å². The number of nitrogens with two attached hydrogens (primary N) is 1. The van der Waals surface area contributed by atoms with Crippen LogP contribution in [0.25, 0.3) is 0 Å². The minimum Gasteiger partial charge on any atom is -0.340 e. The zero-order valence-corrected chi connectivity index (χ0v) is 13.9. The van der Waals surface area contributed by atoms with Crippen LogP contribution in [0.1, 0.15) is 32.3 Å². The lowest BCUT2D eigenvalue weighted by Crippen LogP contribution is -3.18. The molecule has 0 amide bonds. The van der Waals surface area contributed by atoms with Crippen molar-refractivity contribution in [1.82, 2.24) is 0 Å². The first-order valence-corrected chi connectivity index (χ1v) is 8.39. The van der Waals surface area contributed by atoms with Gasteiger partial charge in [0.1, 0.15) is 5.54 Å². The van der Waals surface area contributed by atoms with Crippen LogP contribution < -0.4 is 10.2 Å². The number of likely N-dealkylation sites (tertiary alicyclic amines) is 1. The summed E-state index contributed by atoms with van der Waals surface area (Å²) in [5.74, 6) is 0.738. The SMILES string of the molecule is C=CC[C@]1([NH2+]CCc2ccccc2)C[C@H](C)[NH+](C)C[C@H]1C. The third kappa shape index (κ3) is 3.96. The van der Waals surface area contributed by atoms with Crippen LogP contribution in [0.2, 0.25) is 0 Å². The second-order valence-electron chi connectivity index (χ2n) is 7.01. The molecular weight excluding hydrogens is 256 g/mol. The van der Waals surface area contributed by atoms with Crippen molar-refractivity contribution < 1.29 is 10.2 Å². The van der Waals surface area contributed by atoms with Crippen LogP contribution in [0.5, 0.6) is 0 Å². The summed E-state index contributed by atoms with van der Waals surface area (Å²) in [7, 11) is 2.34. The van der Waals surface area contributed by atoms with Gasteiger partial charge in [-0.05, 0) is 12.5 Å². The van der Waals surface area contributed by atoms with Gasteiger partial charge >= 0.3 is 0 Å². The van der Waals surface area contributed by atoms with Crippen LogP contribution in [0, 0.1) is 5.92 Å². The van der Waals surface area contributed by atoms with Crippen LogP contribution in [0.3, 0.4) is 0 Å². The molecule has 1 fully saturated rings. The lowest BCUT2D eigenvalue weighted by Gasteiger charge is -2.44. The minimum absolute atomic E-state index is 0.357. The third-order valence-electron chi connectivity index (χ3n) is 5.49. The van der Waals surface area contributed by atoms with Gasteiger partial charge in [0.05, 0.1) is 38.5 Å². The molecule has 0 spiro atoms. The van der Waals surface area contributed by atoms with Crippen molar-refractivity contribution in [3.8, 4) is 0 Å². The Morgan fingerprint density at radius 3 is 2.71 bits per heavy atom. The van der Waals surface area contributed by atoms with Crippen molar-refractivity contribution in [1.29, 1.82) is 0 Å². The third-order valence-corrected chi connectivity index (χ3v) is 5.49. The van der Waals surface area contributed by atoms with E-state index in [4.69, 9.17) is 0 Å². The van der Waals surface area contributed by atoms with Gasteiger partial charge in [-0.25, -0.2) is 0 Å². The second kappa shape index (κ2) is 7.24. The molecule has 0 radical (unpaired) electrons. The Hall–Kier alpha value is -1.12. The Morgan fingerprint density at radius 1 is 1.33 bits per heavy atom. The highest BCUT2D eigenvalue weighted by molar-refractivity contribution is 5.14. The molecule has 1 aromatic rings. The summed E-state index contributed by atoms with van der Waals surface area (Å²) in [5.41, 5.74) is 1.80. The van der Waals surface area contributed by atoms with Gasteiger partial charge in [0.25, 0.3) is 0 Å². The van der Waals surface area contributed by atoms with Gasteiger partial charge in [-0.2, -0.15) is 0 Å². The molecule has 3 N–H and O–H groups in total. The predicted molar refractivity (Wildman–Crippen MR) is 89.5 cm³/mol. The van der Waals surface area contributed by atoms with E-state index in [2.05, 4.69) is 69.2 Å². The van der Waals surface area contributed by atoms with Crippen molar-refractivity contribution in [2.45, 2.75) is 44.7 Å². The molecule has 1 aliphatic rings. The molecule has 2 nitrogen and oxygen atoms in total. The number of benzene rings is 1. The van der Waals surface area contributed by atoms with Gasteiger partial charge in [0, 0.05) is 12.8 Å². The van der Waals surface area contributed by atoms with Gasteiger partial charge in [0.15, 0.2) is 0 Å². The number of quaternary nitrogens is 2. The van der Waals surface area contributed by atoms with Crippen LogP contribution >= 0.6 is 0 Å². The number of nitrogens with one attached hydrogen (secondary N) is 1. The fourth-order valence-electron chi connectivity index (χ4n) is 3.92. The number of hydrogen-bond donors (Lipinski definition) is 2. The molecule has 116 valence electrons. The van der Waals surface area contributed by atoms with Gasteiger partial charge < -0.3 is 10.2 Å². The summed E-state index contributed by atoms with van der Waals surface area (Å²) in [6, 6.07) is 11.6. The number of rotatable bonds is 6. The monoisotopic (exact) mass is 288 g/mol. The smallest absolute Gasteiger partial charge is 0.113 e. The first kappa shape index (κ1) is 16.3. The minimum atomic E-state index is 0.357. The normalized spacial score (nSPS) is 32.8. The molecule has 4 atom stereocenters. The van der Waals surface area contributed by atoms with E-state index in [1.807, 2.05) is 0 Å². The standard InChI is InChI=1S/C19H30N2/c1-5-12-19(14-17(3)21(4)15-16(19)2)20-13-11-18-9-7-6-8-10-18/h5-10,16-17,20H,1,11-15H2,2-4H3/p+2/t16-,17+,19+/m1/s1. The molecule has 0 aromatic heterocycles.